The topological polar surface area (TPSA) is 9.23 Å². The number of rotatable bonds is 3. The summed E-state index contributed by atoms with van der Waals surface area (Å²) >= 11 is 7.07. The van der Waals surface area contributed by atoms with Crippen LogP contribution in [-0.4, -0.2) is 7.11 Å². The maximum absolute atomic E-state index is 14.1. The Labute approximate surface area is 129 Å². The monoisotopic (exact) mass is 386 g/mol. The zero-order chi connectivity index (χ0) is 14.0. The smallest absolute Gasteiger partial charge is 0.131 e. The number of halogens is 3. The molecule has 0 heterocycles. The van der Waals surface area contributed by atoms with Gasteiger partial charge in [0, 0.05) is 16.1 Å². The van der Waals surface area contributed by atoms with Gasteiger partial charge in [0.05, 0.1) is 11.9 Å². The van der Waals surface area contributed by atoms with Crippen molar-refractivity contribution in [3.63, 3.8) is 0 Å². The fourth-order valence-electron chi connectivity index (χ4n) is 1.91. The van der Waals surface area contributed by atoms with Gasteiger partial charge >= 0.3 is 0 Å². The maximum Gasteiger partial charge on any atom is 0.131 e. The van der Waals surface area contributed by atoms with Crippen LogP contribution in [0.1, 0.15) is 21.5 Å². The quantitative estimate of drug-likeness (QED) is 0.641. The molecule has 100 valence electrons. The number of alkyl halides is 1. The van der Waals surface area contributed by atoms with Crippen molar-refractivity contribution in [1.29, 1.82) is 0 Å². The van der Waals surface area contributed by atoms with E-state index >= 15 is 0 Å². The molecular weight excluding hydrogens is 375 g/mol. The largest absolute Gasteiger partial charge is 0.497 e. The molecule has 2 aromatic carbocycles. The van der Waals surface area contributed by atoms with E-state index in [0.29, 0.717) is 11.3 Å². The molecule has 0 spiro atoms. The molecule has 0 aliphatic carbocycles. The molecule has 0 amide bonds. The molecule has 0 radical (unpaired) electrons. The minimum atomic E-state index is -0.277. The van der Waals surface area contributed by atoms with Crippen molar-refractivity contribution in [2.75, 3.05) is 7.11 Å². The van der Waals surface area contributed by atoms with Gasteiger partial charge < -0.3 is 4.74 Å². The summed E-state index contributed by atoms with van der Waals surface area (Å²) in [5, 5.41) is 0. The highest BCUT2D eigenvalue weighted by Gasteiger charge is 2.18. The highest BCUT2D eigenvalue weighted by Crippen LogP contribution is 2.37. The summed E-state index contributed by atoms with van der Waals surface area (Å²) in [4.78, 5) is -0.184. The number of methoxy groups -OCH3 is 1. The van der Waals surface area contributed by atoms with E-state index in [1.165, 1.54) is 13.2 Å². The first-order valence-electron chi connectivity index (χ1n) is 5.77. The maximum atomic E-state index is 14.1. The summed E-state index contributed by atoms with van der Waals surface area (Å²) < 4.78 is 20.1. The molecule has 1 unspecified atom stereocenters. The Balaban J connectivity index is 2.44. The summed E-state index contributed by atoms with van der Waals surface area (Å²) in [7, 11) is 1.53. The van der Waals surface area contributed by atoms with Gasteiger partial charge in [-0.05, 0) is 30.2 Å². The van der Waals surface area contributed by atoms with Gasteiger partial charge in [0.15, 0.2) is 0 Å². The molecule has 0 aliphatic rings. The van der Waals surface area contributed by atoms with Crippen LogP contribution < -0.4 is 4.74 Å². The third-order valence-corrected chi connectivity index (χ3v) is 4.91. The van der Waals surface area contributed by atoms with Gasteiger partial charge in [-0.3, -0.25) is 0 Å². The van der Waals surface area contributed by atoms with Crippen molar-refractivity contribution < 1.29 is 9.13 Å². The van der Waals surface area contributed by atoms with Gasteiger partial charge in [-0.25, -0.2) is 4.39 Å². The number of benzene rings is 2. The Morgan fingerprint density at radius 1 is 1.16 bits per heavy atom. The Morgan fingerprint density at radius 3 is 2.53 bits per heavy atom. The third kappa shape index (κ3) is 3.00. The first-order chi connectivity index (χ1) is 9.04. The van der Waals surface area contributed by atoms with Crippen LogP contribution in [0.25, 0.3) is 0 Å². The van der Waals surface area contributed by atoms with Crippen molar-refractivity contribution in [3.8, 4) is 5.75 Å². The fraction of sp³-hybridized carbons (Fsp3) is 0.200. The summed E-state index contributed by atoms with van der Waals surface area (Å²) in [6, 6.07) is 10.8. The van der Waals surface area contributed by atoms with Crippen molar-refractivity contribution in [1.82, 2.24) is 0 Å². The van der Waals surface area contributed by atoms with Crippen LogP contribution in [0.4, 0.5) is 4.39 Å². The van der Waals surface area contributed by atoms with Crippen LogP contribution in [0.15, 0.2) is 40.9 Å². The van der Waals surface area contributed by atoms with Gasteiger partial charge in [0.25, 0.3) is 0 Å². The Kier molecular flexibility index (Phi) is 4.63. The van der Waals surface area contributed by atoms with E-state index in [-0.39, 0.29) is 10.6 Å². The van der Waals surface area contributed by atoms with Gasteiger partial charge in [0.1, 0.15) is 11.6 Å². The van der Waals surface area contributed by atoms with E-state index in [4.69, 9.17) is 4.74 Å². The van der Waals surface area contributed by atoms with Crippen LogP contribution in [0, 0.1) is 12.7 Å². The first-order valence-corrected chi connectivity index (χ1v) is 7.48. The predicted molar refractivity (Wildman–Crippen MR) is 82.6 cm³/mol. The molecule has 0 saturated heterocycles. The zero-order valence-electron chi connectivity index (χ0n) is 10.6. The molecular formula is C15H13Br2FO. The molecule has 0 fully saturated rings. The lowest BCUT2D eigenvalue weighted by Crippen LogP contribution is -2.00. The summed E-state index contributed by atoms with van der Waals surface area (Å²) in [5.74, 6) is 0.243. The summed E-state index contributed by atoms with van der Waals surface area (Å²) in [6.07, 6.45) is 0. The third-order valence-electron chi connectivity index (χ3n) is 3.06. The molecule has 0 saturated carbocycles. The fourth-order valence-corrected chi connectivity index (χ4v) is 3.16. The van der Waals surface area contributed by atoms with E-state index in [9.17, 15) is 4.39 Å². The van der Waals surface area contributed by atoms with Crippen LogP contribution in [0.3, 0.4) is 0 Å². The molecule has 4 heteroatoms. The second kappa shape index (κ2) is 6.06. The van der Waals surface area contributed by atoms with Crippen molar-refractivity contribution in [2.24, 2.45) is 0 Å². The van der Waals surface area contributed by atoms with Crippen molar-refractivity contribution >= 4 is 31.9 Å². The van der Waals surface area contributed by atoms with E-state index in [1.54, 1.807) is 12.1 Å². The normalized spacial score (nSPS) is 12.3. The molecule has 19 heavy (non-hydrogen) atoms. The van der Waals surface area contributed by atoms with Crippen molar-refractivity contribution in [3.05, 3.63) is 63.4 Å². The average molecular weight is 388 g/mol. The lowest BCUT2D eigenvalue weighted by Gasteiger charge is -2.16. The molecule has 2 aromatic rings. The lowest BCUT2D eigenvalue weighted by atomic mass is 10.00. The molecule has 0 aromatic heterocycles. The van der Waals surface area contributed by atoms with Gasteiger partial charge in [-0.15, -0.1) is 0 Å². The molecule has 0 bridgehead atoms. The van der Waals surface area contributed by atoms with Gasteiger partial charge in [-0.1, -0.05) is 50.1 Å². The van der Waals surface area contributed by atoms with Crippen LogP contribution >= 0.6 is 31.9 Å². The summed E-state index contributed by atoms with van der Waals surface area (Å²) in [6.45, 7) is 2.01. The molecule has 0 N–H and O–H groups in total. The van der Waals surface area contributed by atoms with Gasteiger partial charge in [0.2, 0.25) is 0 Å². The van der Waals surface area contributed by atoms with E-state index in [1.807, 2.05) is 25.1 Å². The first kappa shape index (κ1) is 14.5. The Hall–Kier alpha value is -0.870. The highest BCUT2D eigenvalue weighted by atomic mass is 79.9. The van der Waals surface area contributed by atoms with Crippen LogP contribution in [0.2, 0.25) is 0 Å². The predicted octanol–water partition coefficient (Wildman–Crippen LogP) is 5.39. The minimum absolute atomic E-state index is 0.184. The Bertz CT molecular complexity index is 599. The van der Waals surface area contributed by atoms with E-state index in [2.05, 4.69) is 31.9 Å². The average Bonchev–Trinajstić information content (AvgIpc) is 2.41. The van der Waals surface area contributed by atoms with E-state index in [0.717, 1.165) is 15.6 Å². The Morgan fingerprint density at radius 2 is 1.89 bits per heavy atom. The zero-order valence-corrected chi connectivity index (χ0v) is 13.8. The number of hydrogen-bond acceptors (Lipinski definition) is 1. The minimum Gasteiger partial charge on any atom is -0.497 e. The molecule has 1 atom stereocenters. The number of hydrogen-bond donors (Lipinski definition) is 0. The van der Waals surface area contributed by atoms with Gasteiger partial charge in [-0.2, -0.15) is 0 Å². The standard InChI is InChI=1S/C15H13Br2FO/c1-9-11(4-3-5-13(9)16)15(17)12-7-6-10(19-2)8-14(12)18/h3-8,15H,1-2H3. The van der Waals surface area contributed by atoms with Crippen LogP contribution in [0.5, 0.6) is 5.75 Å². The molecule has 2 rings (SSSR count). The second-order valence-electron chi connectivity index (χ2n) is 4.20. The molecule has 0 aliphatic heterocycles. The number of ether oxygens (including phenoxy) is 1. The lowest BCUT2D eigenvalue weighted by molar-refractivity contribution is 0.411. The summed E-state index contributed by atoms with van der Waals surface area (Å²) in [5.41, 5.74) is 2.74. The second-order valence-corrected chi connectivity index (χ2v) is 5.97. The SMILES string of the molecule is COc1ccc(C(Br)c2cccc(Br)c2C)c(F)c1. The molecule has 1 nitrogen and oxygen atoms in total. The van der Waals surface area contributed by atoms with Crippen molar-refractivity contribution in [2.45, 2.75) is 11.8 Å². The van der Waals surface area contributed by atoms with E-state index < -0.39 is 0 Å². The highest BCUT2D eigenvalue weighted by molar-refractivity contribution is 9.10. The van der Waals surface area contributed by atoms with Crippen LogP contribution in [-0.2, 0) is 0 Å².